The molecule has 1 fully saturated rings. The molecule has 0 aliphatic carbocycles. The molecule has 2 aromatic heterocycles. The van der Waals surface area contributed by atoms with E-state index < -0.39 is 15.9 Å². The Hall–Kier alpha value is -3.21. The van der Waals surface area contributed by atoms with Crippen LogP contribution in [-0.2, 0) is 20.2 Å². The smallest absolute Gasteiger partial charge is 0.281 e. The second-order valence-corrected chi connectivity index (χ2v) is 16.9. The number of carbonyl (C=O) groups is 2. The van der Waals surface area contributed by atoms with Crippen LogP contribution in [0.2, 0.25) is 0 Å². The summed E-state index contributed by atoms with van der Waals surface area (Å²) >= 11 is 0. The first-order valence-electron chi connectivity index (χ1n) is 15.7. The summed E-state index contributed by atoms with van der Waals surface area (Å²) in [5.41, 5.74) is 0.177. The van der Waals surface area contributed by atoms with Gasteiger partial charge in [0.05, 0.1) is 5.56 Å². The molecule has 44 heavy (non-hydrogen) atoms. The van der Waals surface area contributed by atoms with Crippen molar-refractivity contribution in [3.63, 3.8) is 0 Å². The summed E-state index contributed by atoms with van der Waals surface area (Å²) in [7, 11) is -4.28. The highest BCUT2D eigenvalue weighted by molar-refractivity contribution is 7.90. The van der Waals surface area contributed by atoms with Crippen LogP contribution in [-0.4, -0.2) is 53.9 Å². The van der Waals surface area contributed by atoms with Gasteiger partial charge in [0.15, 0.2) is 5.03 Å². The molecule has 0 saturated carbocycles. The van der Waals surface area contributed by atoms with Crippen LogP contribution in [0, 0.1) is 11.8 Å². The lowest BCUT2D eigenvalue weighted by Gasteiger charge is -2.34. The van der Waals surface area contributed by atoms with Crippen LogP contribution in [0.25, 0.3) is 0 Å². The fourth-order valence-corrected chi connectivity index (χ4v) is 7.20. The van der Waals surface area contributed by atoms with E-state index in [2.05, 4.69) is 66.8 Å². The monoisotopic (exact) mass is 626 g/mol. The number of amides is 2. The number of fused-ring (bicyclic) bond motifs is 6. The van der Waals surface area contributed by atoms with E-state index >= 15 is 0 Å². The van der Waals surface area contributed by atoms with Crippen molar-refractivity contribution < 1.29 is 18.0 Å². The molecule has 2 amide bonds. The standard InChI is InChI=1S/C33H50N6O4S/c1-21-18-23(12-10-14-27(40)37-32(5,6)7)34-26-13-11-15-28(36-26)44(42,43)38-30(41)24-16-17-25(31(2,3)4)35-29(24)39-20-22(21)19-33(39,8)9/h11,13,15-17,21-23H,10,12,14,18-20H2,1-9H3,(H,34,36)(H,37,40)(H,38,41)/t21-,22-,23?/m0/s1. The summed E-state index contributed by atoms with van der Waals surface area (Å²) in [6.45, 7) is 19.4. The van der Waals surface area contributed by atoms with E-state index in [-0.39, 0.29) is 39.0 Å². The number of carbonyl (C=O) groups excluding carboxylic acids is 2. The molecular formula is C33H50N6O4S. The van der Waals surface area contributed by atoms with E-state index in [1.165, 1.54) is 6.07 Å². The highest BCUT2D eigenvalue weighted by atomic mass is 32.2. The van der Waals surface area contributed by atoms with Crippen LogP contribution in [0.15, 0.2) is 35.4 Å². The Morgan fingerprint density at radius 3 is 2.45 bits per heavy atom. The summed E-state index contributed by atoms with van der Waals surface area (Å²) in [4.78, 5) is 37.7. The van der Waals surface area contributed by atoms with E-state index in [0.717, 1.165) is 25.0 Å². The van der Waals surface area contributed by atoms with Gasteiger partial charge in [-0.25, -0.2) is 14.7 Å². The number of nitrogens with one attached hydrogen (secondary N) is 3. The molecule has 4 heterocycles. The van der Waals surface area contributed by atoms with Crippen molar-refractivity contribution in [2.45, 2.75) is 122 Å². The lowest BCUT2D eigenvalue weighted by Crippen LogP contribution is -2.41. The lowest BCUT2D eigenvalue weighted by molar-refractivity contribution is -0.122. The predicted octanol–water partition coefficient (Wildman–Crippen LogP) is 5.40. The van der Waals surface area contributed by atoms with Gasteiger partial charge < -0.3 is 15.5 Å². The van der Waals surface area contributed by atoms with Crippen molar-refractivity contribution in [2.75, 3.05) is 16.8 Å². The number of nitrogens with zero attached hydrogens (tertiary/aromatic N) is 3. The number of hydrogen-bond acceptors (Lipinski definition) is 8. The van der Waals surface area contributed by atoms with Gasteiger partial charge >= 0.3 is 0 Å². The number of rotatable bonds is 4. The highest BCUT2D eigenvalue weighted by Crippen LogP contribution is 2.42. The van der Waals surface area contributed by atoms with Gasteiger partial charge in [-0.05, 0) is 96.4 Å². The summed E-state index contributed by atoms with van der Waals surface area (Å²) < 4.78 is 29.1. The molecule has 4 rings (SSSR count). The van der Waals surface area contributed by atoms with Crippen LogP contribution >= 0.6 is 0 Å². The first-order chi connectivity index (χ1) is 20.2. The maximum atomic E-state index is 13.6. The fraction of sp³-hybridized carbons (Fsp3) is 0.636. The average molecular weight is 627 g/mol. The predicted molar refractivity (Wildman–Crippen MR) is 174 cm³/mol. The molecule has 1 saturated heterocycles. The minimum Gasteiger partial charge on any atom is -0.367 e. The van der Waals surface area contributed by atoms with Crippen LogP contribution in [0.3, 0.4) is 0 Å². The molecule has 2 aliphatic heterocycles. The maximum Gasteiger partial charge on any atom is 0.281 e. The molecule has 1 unspecified atom stereocenters. The van der Waals surface area contributed by atoms with E-state index in [9.17, 15) is 18.0 Å². The van der Waals surface area contributed by atoms with Gasteiger partial charge in [0.1, 0.15) is 11.6 Å². The van der Waals surface area contributed by atoms with Crippen molar-refractivity contribution in [3.05, 3.63) is 41.6 Å². The van der Waals surface area contributed by atoms with Gasteiger partial charge in [0, 0.05) is 41.2 Å². The van der Waals surface area contributed by atoms with Gasteiger partial charge in [-0.15, -0.1) is 0 Å². The van der Waals surface area contributed by atoms with Crippen molar-refractivity contribution >= 4 is 33.5 Å². The molecule has 0 spiro atoms. The summed E-state index contributed by atoms with van der Waals surface area (Å²) in [6, 6.07) is 8.19. The molecule has 4 bridgehead atoms. The molecule has 242 valence electrons. The first kappa shape index (κ1) is 33.7. The third-order valence-corrected chi connectivity index (χ3v) is 9.80. The quantitative estimate of drug-likeness (QED) is 0.411. The summed E-state index contributed by atoms with van der Waals surface area (Å²) in [6.07, 6.45) is 3.50. The molecular weight excluding hydrogens is 576 g/mol. The lowest BCUT2D eigenvalue weighted by atomic mass is 9.83. The molecule has 11 heteroatoms. The number of aromatic nitrogens is 2. The van der Waals surface area contributed by atoms with Gasteiger partial charge in [-0.3, -0.25) is 9.59 Å². The van der Waals surface area contributed by atoms with Crippen molar-refractivity contribution in [2.24, 2.45) is 11.8 Å². The van der Waals surface area contributed by atoms with Crippen LogP contribution < -0.4 is 20.3 Å². The normalized spacial score (nSPS) is 23.4. The van der Waals surface area contributed by atoms with Crippen LogP contribution in [0.5, 0.6) is 0 Å². The fourth-order valence-electron chi connectivity index (χ4n) is 6.26. The molecule has 2 aromatic rings. The van der Waals surface area contributed by atoms with E-state index in [1.54, 1.807) is 24.3 Å². The first-order valence-corrected chi connectivity index (χ1v) is 17.1. The Kier molecular flexibility index (Phi) is 9.41. The van der Waals surface area contributed by atoms with Gasteiger partial charge in [0.2, 0.25) is 5.91 Å². The highest BCUT2D eigenvalue weighted by Gasteiger charge is 2.43. The third kappa shape index (κ3) is 8.08. The van der Waals surface area contributed by atoms with Crippen LogP contribution in [0.4, 0.5) is 11.6 Å². The molecule has 0 radical (unpaired) electrons. The van der Waals surface area contributed by atoms with Crippen molar-refractivity contribution in [1.29, 1.82) is 0 Å². The second-order valence-electron chi connectivity index (χ2n) is 15.2. The minimum absolute atomic E-state index is 0.0126. The van der Waals surface area contributed by atoms with Crippen LogP contribution in [0.1, 0.15) is 110 Å². The third-order valence-electron chi connectivity index (χ3n) is 8.56. The Morgan fingerprint density at radius 1 is 1.09 bits per heavy atom. The van der Waals surface area contributed by atoms with Gasteiger partial charge in [-0.1, -0.05) is 33.8 Å². The Morgan fingerprint density at radius 2 is 1.80 bits per heavy atom. The Bertz CT molecular complexity index is 1490. The zero-order valence-corrected chi connectivity index (χ0v) is 28.6. The van der Waals surface area contributed by atoms with Crippen molar-refractivity contribution in [3.8, 4) is 0 Å². The largest absolute Gasteiger partial charge is 0.367 e. The van der Waals surface area contributed by atoms with Crippen molar-refractivity contribution in [1.82, 2.24) is 20.0 Å². The zero-order valence-electron chi connectivity index (χ0n) is 27.7. The van der Waals surface area contributed by atoms with E-state index in [0.29, 0.717) is 42.9 Å². The molecule has 3 N–H and O–H groups in total. The second kappa shape index (κ2) is 12.3. The maximum absolute atomic E-state index is 13.6. The van der Waals surface area contributed by atoms with Gasteiger partial charge in [-0.2, -0.15) is 8.42 Å². The minimum atomic E-state index is -4.28. The number of anilines is 2. The number of pyridine rings is 2. The molecule has 3 atom stereocenters. The molecule has 10 nitrogen and oxygen atoms in total. The van der Waals surface area contributed by atoms with Gasteiger partial charge in [0.25, 0.3) is 15.9 Å². The topological polar surface area (TPSA) is 133 Å². The number of sulfonamides is 1. The Labute approximate surface area is 263 Å². The number of hydrogen-bond donors (Lipinski definition) is 3. The SMILES string of the molecule is C[C@H]1CC(CCCC(=O)NC(C)(C)C)Nc2cccc(n2)S(=O)(=O)NC(=O)c2ccc(C(C)(C)C)nc2N2C[C@@H]1CC2(C)C. The van der Waals surface area contributed by atoms with E-state index in [4.69, 9.17) is 4.98 Å². The van der Waals surface area contributed by atoms with E-state index in [1.807, 2.05) is 20.8 Å². The summed E-state index contributed by atoms with van der Waals surface area (Å²) in [5, 5.41) is 6.24. The molecule has 0 aromatic carbocycles. The average Bonchev–Trinajstić information content (AvgIpc) is 3.21. The summed E-state index contributed by atoms with van der Waals surface area (Å²) in [5.74, 6) is 0.793. The zero-order chi connectivity index (χ0) is 32.7. The Balaban J connectivity index is 1.73. The molecule has 2 aliphatic rings.